The SMILES string of the molecule is Cc1cc(C(Cl)C2CC2C)c(C)s1. The lowest BCUT2D eigenvalue weighted by Gasteiger charge is -2.07. The lowest BCUT2D eigenvalue weighted by Crippen LogP contribution is -1.93. The number of halogens is 1. The molecule has 3 unspecified atom stereocenters. The molecule has 0 aliphatic heterocycles. The molecule has 2 heteroatoms. The maximum absolute atomic E-state index is 6.42. The average molecular weight is 215 g/mol. The van der Waals surface area contributed by atoms with Gasteiger partial charge < -0.3 is 0 Å². The Bertz CT molecular complexity index is 316. The zero-order valence-electron chi connectivity index (χ0n) is 8.30. The molecule has 72 valence electrons. The minimum Gasteiger partial charge on any atom is -0.146 e. The van der Waals surface area contributed by atoms with Gasteiger partial charge in [0.15, 0.2) is 0 Å². The largest absolute Gasteiger partial charge is 0.146 e. The van der Waals surface area contributed by atoms with E-state index in [1.807, 2.05) is 11.3 Å². The topological polar surface area (TPSA) is 0 Å². The Hall–Kier alpha value is -0.0100. The van der Waals surface area contributed by atoms with Crippen LogP contribution < -0.4 is 0 Å². The third-order valence-corrected chi connectivity index (χ3v) is 4.46. The van der Waals surface area contributed by atoms with Crippen molar-refractivity contribution < 1.29 is 0 Å². The van der Waals surface area contributed by atoms with Gasteiger partial charge >= 0.3 is 0 Å². The van der Waals surface area contributed by atoms with Gasteiger partial charge in [0.05, 0.1) is 5.38 Å². The highest BCUT2D eigenvalue weighted by Gasteiger charge is 2.39. The fourth-order valence-corrected chi connectivity index (χ4v) is 3.53. The van der Waals surface area contributed by atoms with Crippen molar-refractivity contribution in [1.29, 1.82) is 0 Å². The van der Waals surface area contributed by atoms with Gasteiger partial charge in [0.25, 0.3) is 0 Å². The minimum atomic E-state index is 0.264. The van der Waals surface area contributed by atoms with Crippen molar-refractivity contribution in [2.75, 3.05) is 0 Å². The summed E-state index contributed by atoms with van der Waals surface area (Å²) in [6, 6.07) is 2.25. The van der Waals surface area contributed by atoms with Crippen LogP contribution in [0.2, 0.25) is 0 Å². The van der Waals surface area contributed by atoms with Gasteiger partial charge in [-0.15, -0.1) is 22.9 Å². The molecule has 2 rings (SSSR count). The van der Waals surface area contributed by atoms with Crippen LogP contribution in [-0.2, 0) is 0 Å². The maximum Gasteiger partial charge on any atom is 0.0626 e. The van der Waals surface area contributed by atoms with Gasteiger partial charge in [-0.25, -0.2) is 0 Å². The first-order valence-electron chi connectivity index (χ1n) is 4.80. The van der Waals surface area contributed by atoms with E-state index in [0.717, 1.165) is 11.8 Å². The molecule has 1 aromatic rings. The third-order valence-electron chi connectivity index (χ3n) is 2.92. The standard InChI is InChI=1S/C11H15ClS/c1-6-4-9(6)11(12)10-5-7(2)13-8(10)3/h5-6,9,11H,4H2,1-3H3. The molecule has 13 heavy (non-hydrogen) atoms. The fraction of sp³-hybridized carbons (Fsp3) is 0.636. The molecule has 1 aliphatic rings. The van der Waals surface area contributed by atoms with Crippen LogP contribution >= 0.6 is 22.9 Å². The maximum atomic E-state index is 6.42. The molecule has 1 fully saturated rings. The highest BCUT2D eigenvalue weighted by atomic mass is 35.5. The van der Waals surface area contributed by atoms with E-state index in [0.29, 0.717) is 0 Å². The Labute approximate surface area is 88.9 Å². The lowest BCUT2D eigenvalue weighted by atomic mass is 10.1. The van der Waals surface area contributed by atoms with Crippen LogP contribution in [0.3, 0.4) is 0 Å². The molecular weight excluding hydrogens is 200 g/mol. The van der Waals surface area contributed by atoms with Crippen LogP contribution in [0.4, 0.5) is 0 Å². The second kappa shape index (κ2) is 3.29. The number of thiophene rings is 1. The molecule has 1 aliphatic carbocycles. The van der Waals surface area contributed by atoms with Crippen molar-refractivity contribution >= 4 is 22.9 Å². The summed E-state index contributed by atoms with van der Waals surface area (Å²) in [7, 11) is 0. The van der Waals surface area contributed by atoms with Gasteiger partial charge in [-0.05, 0) is 43.7 Å². The Balaban J connectivity index is 2.19. The van der Waals surface area contributed by atoms with E-state index in [1.54, 1.807) is 0 Å². The highest BCUT2D eigenvalue weighted by molar-refractivity contribution is 7.12. The molecule has 0 radical (unpaired) electrons. The van der Waals surface area contributed by atoms with Crippen LogP contribution in [0, 0.1) is 25.7 Å². The van der Waals surface area contributed by atoms with Gasteiger partial charge in [0.1, 0.15) is 0 Å². The molecule has 0 nitrogen and oxygen atoms in total. The van der Waals surface area contributed by atoms with Gasteiger partial charge in [-0.3, -0.25) is 0 Å². The summed E-state index contributed by atoms with van der Waals surface area (Å²) < 4.78 is 0. The van der Waals surface area contributed by atoms with Gasteiger partial charge in [0, 0.05) is 9.75 Å². The lowest BCUT2D eigenvalue weighted by molar-refractivity contribution is 0.721. The molecule has 1 heterocycles. The summed E-state index contributed by atoms with van der Waals surface area (Å²) in [4.78, 5) is 2.78. The number of alkyl halides is 1. The first-order valence-corrected chi connectivity index (χ1v) is 6.06. The molecule has 0 bridgehead atoms. The highest BCUT2D eigenvalue weighted by Crippen LogP contribution is 2.51. The van der Waals surface area contributed by atoms with E-state index in [4.69, 9.17) is 11.6 Å². The van der Waals surface area contributed by atoms with E-state index in [9.17, 15) is 0 Å². The first kappa shape index (κ1) is 9.54. The van der Waals surface area contributed by atoms with Crippen LogP contribution in [0.1, 0.15) is 34.0 Å². The van der Waals surface area contributed by atoms with E-state index in [1.165, 1.54) is 21.7 Å². The second-order valence-electron chi connectivity index (χ2n) is 4.15. The zero-order chi connectivity index (χ0) is 9.59. The molecule has 0 saturated heterocycles. The number of aryl methyl sites for hydroxylation is 2. The Kier molecular flexibility index (Phi) is 2.41. The number of hydrogen-bond acceptors (Lipinski definition) is 1. The van der Waals surface area contributed by atoms with Crippen molar-refractivity contribution in [2.24, 2.45) is 11.8 Å². The zero-order valence-corrected chi connectivity index (χ0v) is 9.88. The van der Waals surface area contributed by atoms with Crippen molar-refractivity contribution in [2.45, 2.75) is 32.6 Å². The summed E-state index contributed by atoms with van der Waals surface area (Å²) in [5.74, 6) is 1.57. The van der Waals surface area contributed by atoms with Crippen molar-refractivity contribution in [3.8, 4) is 0 Å². The van der Waals surface area contributed by atoms with E-state index >= 15 is 0 Å². The molecular formula is C11H15ClS. The van der Waals surface area contributed by atoms with Crippen molar-refractivity contribution in [1.82, 2.24) is 0 Å². The molecule has 0 spiro atoms. The molecule has 3 atom stereocenters. The molecule has 0 N–H and O–H groups in total. The van der Waals surface area contributed by atoms with E-state index in [-0.39, 0.29) is 5.38 Å². The quantitative estimate of drug-likeness (QED) is 0.644. The number of hydrogen-bond donors (Lipinski definition) is 0. The summed E-state index contributed by atoms with van der Waals surface area (Å²) in [6.07, 6.45) is 1.31. The summed E-state index contributed by atoms with van der Waals surface area (Å²) in [6.45, 7) is 6.62. The Morgan fingerprint density at radius 3 is 2.54 bits per heavy atom. The normalized spacial score (nSPS) is 28.9. The minimum absolute atomic E-state index is 0.264. The predicted octanol–water partition coefficient (Wildman–Crippen LogP) is 4.30. The summed E-state index contributed by atoms with van der Waals surface area (Å²) >= 11 is 8.28. The average Bonchev–Trinajstić information content (AvgIpc) is 2.67. The predicted molar refractivity (Wildman–Crippen MR) is 59.7 cm³/mol. The molecule has 1 saturated carbocycles. The Morgan fingerprint density at radius 1 is 1.54 bits per heavy atom. The Morgan fingerprint density at radius 2 is 2.15 bits per heavy atom. The van der Waals surface area contributed by atoms with E-state index in [2.05, 4.69) is 26.8 Å². The summed E-state index contributed by atoms with van der Waals surface area (Å²) in [5, 5.41) is 0.264. The van der Waals surface area contributed by atoms with Crippen LogP contribution in [0.25, 0.3) is 0 Å². The monoisotopic (exact) mass is 214 g/mol. The fourth-order valence-electron chi connectivity index (χ4n) is 1.91. The van der Waals surface area contributed by atoms with Crippen molar-refractivity contribution in [3.63, 3.8) is 0 Å². The smallest absolute Gasteiger partial charge is 0.0626 e. The second-order valence-corrected chi connectivity index (χ2v) is 6.08. The van der Waals surface area contributed by atoms with Gasteiger partial charge in [-0.2, -0.15) is 0 Å². The molecule has 0 amide bonds. The van der Waals surface area contributed by atoms with Crippen LogP contribution in [0.15, 0.2) is 6.07 Å². The molecule has 0 aromatic carbocycles. The van der Waals surface area contributed by atoms with Crippen molar-refractivity contribution in [3.05, 3.63) is 21.4 Å². The third kappa shape index (κ3) is 1.77. The van der Waals surface area contributed by atoms with Crippen LogP contribution in [-0.4, -0.2) is 0 Å². The van der Waals surface area contributed by atoms with E-state index < -0.39 is 0 Å². The van der Waals surface area contributed by atoms with Gasteiger partial charge in [-0.1, -0.05) is 6.92 Å². The molecule has 1 aromatic heterocycles. The summed E-state index contributed by atoms with van der Waals surface area (Å²) in [5.41, 5.74) is 1.37. The van der Waals surface area contributed by atoms with Gasteiger partial charge in [0.2, 0.25) is 0 Å². The van der Waals surface area contributed by atoms with Crippen LogP contribution in [0.5, 0.6) is 0 Å². The number of rotatable bonds is 2. The first-order chi connectivity index (χ1) is 6.09.